The predicted octanol–water partition coefficient (Wildman–Crippen LogP) is 3.07. The van der Waals surface area contributed by atoms with E-state index in [1.54, 1.807) is 12.1 Å². The fraction of sp³-hybridized carbons (Fsp3) is 0.200. The number of aryl methyl sites for hydroxylation is 1. The number of benzene rings is 2. The van der Waals surface area contributed by atoms with E-state index in [1.807, 2.05) is 49.4 Å². The first-order valence-corrected chi connectivity index (χ1v) is 7.79. The van der Waals surface area contributed by atoms with Crippen LogP contribution < -0.4 is 5.32 Å². The molecular weight excluding hydrogens is 302 g/mol. The molecule has 0 saturated heterocycles. The van der Waals surface area contributed by atoms with Crippen molar-refractivity contribution >= 4 is 11.9 Å². The van der Waals surface area contributed by atoms with Crippen LogP contribution in [0.1, 0.15) is 21.5 Å². The standard InChI is InChI=1S/C20H21NO3/c1-3-13-24-20(23)18(14-16-10-5-4-6-11-16)21-19(22)17-12-8-7-9-15(17)2/h3-12,18H,1,13-14H2,2H3,(H,21,22)/t18-/m0/s1. The molecule has 0 saturated carbocycles. The van der Waals surface area contributed by atoms with E-state index in [2.05, 4.69) is 11.9 Å². The van der Waals surface area contributed by atoms with Crippen molar-refractivity contribution in [3.05, 3.63) is 83.9 Å². The zero-order valence-corrected chi connectivity index (χ0v) is 13.7. The second kappa shape index (κ2) is 8.67. The molecule has 1 N–H and O–H groups in total. The molecule has 24 heavy (non-hydrogen) atoms. The molecule has 0 bridgehead atoms. The maximum absolute atomic E-state index is 12.5. The zero-order valence-electron chi connectivity index (χ0n) is 13.7. The van der Waals surface area contributed by atoms with Crippen LogP contribution in [0.5, 0.6) is 0 Å². The Bertz CT molecular complexity index is 710. The average molecular weight is 323 g/mol. The van der Waals surface area contributed by atoms with Gasteiger partial charge in [-0.15, -0.1) is 0 Å². The smallest absolute Gasteiger partial charge is 0.329 e. The number of amides is 1. The highest BCUT2D eigenvalue weighted by Gasteiger charge is 2.23. The van der Waals surface area contributed by atoms with Gasteiger partial charge < -0.3 is 10.1 Å². The first-order valence-electron chi connectivity index (χ1n) is 7.79. The predicted molar refractivity (Wildman–Crippen MR) is 93.7 cm³/mol. The first-order chi connectivity index (χ1) is 11.6. The van der Waals surface area contributed by atoms with Crippen LogP contribution in [0.3, 0.4) is 0 Å². The Kier molecular flexibility index (Phi) is 6.32. The minimum Gasteiger partial charge on any atom is -0.460 e. The molecule has 4 nitrogen and oxygen atoms in total. The number of esters is 1. The first kappa shape index (κ1) is 17.5. The van der Waals surface area contributed by atoms with Gasteiger partial charge in [-0.05, 0) is 24.1 Å². The van der Waals surface area contributed by atoms with Crippen LogP contribution >= 0.6 is 0 Å². The lowest BCUT2D eigenvalue weighted by Crippen LogP contribution is -2.43. The van der Waals surface area contributed by atoms with Crippen LogP contribution in [0.15, 0.2) is 67.3 Å². The van der Waals surface area contributed by atoms with E-state index in [9.17, 15) is 9.59 Å². The van der Waals surface area contributed by atoms with E-state index in [0.29, 0.717) is 12.0 Å². The third-order valence-corrected chi connectivity index (χ3v) is 3.61. The summed E-state index contributed by atoms with van der Waals surface area (Å²) >= 11 is 0. The molecular formula is C20H21NO3. The number of hydrogen-bond donors (Lipinski definition) is 1. The summed E-state index contributed by atoms with van der Waals surface area (Å²) in [4.78, 5) is 24.8. The van der Waals surface area contributed by atoms with Gasteiger partial charge in [0.2, 0.25) is 0 Å². The van der Waals surface area contributed by atoms with Crippen LogP contribution in [0.25, 0.3) is 0 Å². The molecule has 2 rings (SSSR count). The fourth-order valence-corrected chi connectivity index (χ4v) is 2.35. The molecule has 0 fully saturated rings. The van der Waals surface area contributed by atoms with Gasteiger partial charge in [0.15, 0.2) is 0 Å². The highest BCUT2D eigenvalue weighted by molar-refractivity contribution is 5.98. The Labute approximate surface area is 142 Å². The summed E-state index contributed by atoms with van der Waals surface area (Å²) in [6.45, 7) is 5.51. The number of hydrogen-bond acceptors (Lipinski definition) is 3. The average Bonchev–Trinajstić information content (AvgIpc) is 2.60. The van der Waals surface area contributed by atoms with Gasteiger partial charge in [-0.1, -0.05) is 61.2 Å². The van der Waals surface area contributed by atoms with Crippen LogP contribution in [-0.2, 0) is 16.0 Å². The number of ether oxygens (including phenoxy) is 1. The van der Waals surface area contributed by atoms with Gasteiger partial charge in [-0.3, -0.25) is 4.79 Å². The Balaban J connectivity index is 2.15. The summed E-state index contributed by atoms with van der Waals surface area (Å²) in [6.07, 6.45) is 1.87. The van der Waals surface area contributed by atoms with Gasteiger partial charge in [0.25, 0.3) is 5.91 Å². The topological polar surface area (TPSA) is 55.4 Å². The highest BCUT2D eigenvalue weighted by atomic mass is 16.5. The maximum Gasteiger partial charge on any atom is 0.329 e. The lowest BCUT2D eigenvalue weighted by Gasteiger charge is -2.18. The van der Waals surface area contributed by atoms with Crippen molar-refractivity contribution in [3.63, 3.8) is 0 Å². The molecule has 0 aliphatic carbocycles. The molecule has 1 atom stereocenters. The molecule has 0 heterocycles. The van der Waals surface area contributed by atoms with E-state index in [4.69, 9.17) is 4.74 Å². The third kappa shape index (κ3) is 4.81. The fourth-order valence-electron chi connectivity index (χ4n) is 2.35. The van der Waals surface area contributed by atoms with Crippen molar-refractivity contribution in [2.75, 3.05) is 6.61 Å². The molecule has 2 aromatic rings. The Morgan fingerprint density at radius 1 is 1.12 bits per heavy atom. The van der Waals surface area contributed by atoms with E-state index >= 15 is 0 Å². The lowest BCUT2D eigenvalue weighted by molar-refractivity contribution is -0.144. The lowest BCUT2D eigenvalue weighted by atomic mass is 10.0. The van der Waals surface area contributed by atoms with Crippen molar-refractivity contribution in [2.24, 2.45) is 0 Å². The van der Waals surface area contributed by atoms with Crippen molar-refractivity contribution in [2.45, 2.75) is 19.4 Å². The number of rotatable bonds is 7. The Hall–Kier alpha value is -2.88. The van der Waals surface area contributed by atoms with Crippen LogP contribution in [0, 0.1) is 6.92 Å². The molecule has 0 aliphatic heterocycles. The van der Waals surface area contributed by atoms with Crippen LogP contribution in [0.2, 0.25) is 0 Å². The maximum atomic E-state index is 12.5. The zero-order chi connectivity index (χ0) is 17.4. The summed E-state index contributed by atoms with van der Waals surface area (Å²) in [6, 6.07) is 16.0. The van der Waals surface area contributed by atoms with Crippen LogP contribution in [0.4, 0.5) is 0 Å². The summed E-state index contributed by atoms with van der Waals surface area (Å²) in [5.41, 5.74) is 2.35. The summed E-state index contributed by atoms with van der Waals surface area (Å²) < 4.78 is 5.12. The minimum atomic E-state index is -0.751. The molecule has 0 aliphatic rings. The Morgan fingerprint density at radius 2 is 1.79 bits per heavy atom. The van der Waals surface area contributed by atoms with E-state index in [0.717, 1.165) is 11.1 Å². The summed E-state index contributed by atoms with van der Waals surface area (Å²) in [5, 5.41) is 2.78. The summed E-state index contributed by atoms with van der Waals surface area (Å²) in [7, 11) is 0. The van der Waals surface area contributed by atoms with Gasteiger partial charge in [-0.2, -0.15) is 0 Å². The normalized spacial score (nSPS) is 11.4. The van der Waals surface area contributed by atoms with Gasteiger partial charge >= 0.3 is 5.97 Å². The molecule has 124 valence electrons. The van der Waals surface area contributed by atoms with Crippen molar-refractivity contribution < 1.29 is 14.3 Å². The molecule has 0 unspecified atom stereocenters. The summed E-state index contributed by atoms with van der Waals surface area (Å²) in [5.74, 6) is -0.759. The minimum absolute atomic E-state index is 0.115. The Morgan fingerprint density at radius 3 is 2.46 bits per heavy atom. The van der Waals surface area contributed by atoms with E-state index in [-0.39, 0.29) is 12.5 Å². The molecule has 0 aromatic heterocycles. The van der Waals surface area contributed by atoms with E-state index < -0.39 is 12.0 Å². The molecule has 1 amide bonds. The van der Waals surface area contributed by atoms with Crippen LogP contribution in [-0.4, -0.2) is 24.5 Å². The largest absolute Gasteiger partial charge is 0.460 e. The number of carbonyl (C=O) groups is 2. The second-order valence-corrected chi connectivity index (χ2v) is 5.45. The number of carbonyl (C=O) groups excluding carboxylic acids is 2. The van der Waals surface area contributed by atoms with Gasteiger partial charge in [0.05, 0.1) is 0 Å². The van der Waals surface area contributed by atoms with Gasteiger partial charge in [0, 0.05) is 12.0 Å². The molecule has 0 spiro atoms. The SMILES string of the molecule is C=CCOC(=O)[C@H](Cc1ccccc1)NC(=O)c1ccccc1C. The highest BCUT2D eigenvalue weighted by Crippen LogP contribution is 2.09. The molecule has 2 aromatic carbocycles. The van der Waals surface area contributed by atoms with Crippen molar-refractivity contribution in [3.8, 4) is 0 Å². The monoisotopic (exact) mass is 323 g/mol. The van der Waals surface area contributed by atoms with Gasteiger partial charge in [0.1, 0.15) is 12.6 Å². The second-order valence-electron chi connectivity index (χ2n) is 5.45. The van der Waals surface area contributed by atoms with Crippen molar-refractivity contribution in [1.29, 1.82) is 0 Å². The van der Waals surface area contributed by atoms with Gasteiger partial charge in [-0.25, -0.2) is 4.79 Å². The molecule has 4 heteroatoms. The van der Waals surface area contributed by atoms with Crippen molar-refractivity contribution in [1.82, 2.24) is 5.32 Å². The quantitative estimate of drug-likeness (QED) is 0.629. The third-order valence-electron chi connectivity index (χ3n) is 3.61. The van der Waals surface area contributed by atoms with E-state index in [1.165, 1.54) is 6.08 Å². The number of nitrogens with one attached hydrogen (secondary N) is 1. The molecule has 0 radical (unpaired) electrons.